The van der Waals surface area contributed by atoms with Crippen molar-refractivity contribution in [3.8, 4) is 5.75 Å². The third kappa shape index (κ3) is 6.92. The van der Waals surface area contributed by atoms with Gasteiger partial charge in [-0.3, -0.25) is 9.59 Å². The number of rotatable bonds is 9. The molecule has 7 heteroatoms. The molecule has 7 nitrogen and oxygen atoms in total. The molecule has 0 unspecified atom stereocenters. The minimum atomic E-state index is -1.10. The topological polar surface area (TPSA) is 116 Å². The molecule has 0 saturated carbocycles. The van der Waals surface area contributed by atoms with Crippen LogP contribution in [-0.2, 0) is 9.59 Å². The number of carboxylic acid groups (broad SMARTS) is 1. The van der Waals surface area contributed by atoms with E-state index in [1.807, 2.05) is 27.7 Å². The Kier molecular flexibility index (Phi) is 8.28. The van der Waals surface area contributed by atoms with Crippen LogP contribution >= 0.6 is 0 Å². The van der Waals surface area contributed by atoms with Crippen molar-refractivity contribution in [3.63, 3.8) is 0 Å². The van der Waals surface area contributed by atoms with Crippen molar-refractivity contribution in [1.29, 1.82) is 0 Å². The molecule has 0 bridgehead atoms. The highest BCUT2D eigenvalue weighted by molar-refractivity contribution is 5.99. The second-order valence-corrected chi connectivity index (χ2v) is 7.63. The zero-order valence-corrected chi connectivity index (χ0v) is 16.6. The number of nitrogens with one attached hydrogen (secondary N) is 2. The minimum absolute atomic E-state index is 0.00427. The number of carboxylic acids is 1. The van der Waals surface area contributed by atoms with Gasteiger partial charge in [0, 0.05) is 11.1 Å². The average molecular weight is 378 g/mol. The van der Waals surface area contributed by atoms with Gasteiger partial charge in [0.1, 0.15) is 17.8 Å². The minimum Gasteiger partial charge on any atom is -0.508 e. The van der Waals surface area contributed by atoms with Crippen molar-refractivity contribution >= 4 is 17.8 Å². The molecule has 0 aliphatic carbocycles. The predicted molar refractivity (Wildman–Crippen MR) is 103 cm³/mol. The number of hydrogen-bond acceptors (Lipinski definition) is 4. The lowest BCUT2D eigenvalue weighted by Gasteiger charge is -2.24. The maximum absolute atomic E-state index is 12.7. The third-order valence-corrected chi connectivity index (χ3v) is 4.20. The van der Waals surface area contributed by atoms with E-state index >= 15 is 0 Å². The van der Waals surface area contributed by atoms with E-state index < -0.39 is 29.9 Å². The molecule has 1 aromatic carbocycles. The highest BCUT2D eigenvalue weighted by Gasteiger charge is 2.28. The molecule has 4 N–H and O–H groups in total. The number of aliphatic carboxylic acids is 1. The summed E-state index contributed by atoms with van der Waals surface area (Å²) in [6.45, 7) is 9.19. The Morgan fingerprint density at radius 1 is 0.963 bits per heavy atom. The Balaban J connectivity index is 2.97. The van der Waals surface area contributed by atoms with E-state index in [0.29, 0.717) is 18.4 Å². The molecular weight excluding hydrogens is 348 g/mol. The smallest absolute Gasteiger partial charge is 0.326 e. The van der Waals surface area contributed by atoms with Gasteiger partial charge in [-0.2, -0.15) is 0 Å². The highest BCUT2D eigenvalue weighted by Crippen LogP contribution is 2.20. The number of amides is 2. The molecule has 2 atom stereocenters. The fraction of sp³-hybridized carbons (Fsp3) is 0.550. The Morgan fingerprint density at radius 3 is 2.04 bits per heavy atom. The summed E-state index contributed by atoms with van der Waals surface area (Å²) >= 11 is 0. The molecule has 1 rings (SSSR count). The molecule has 0 saturated heterocycles. The van der Waals surface area contributed by atoms with Crippen molar-refractivity contribution in [1.82, 2.24) is 10.6 Å². The van der Waals surface area contributed by atoms with Crippen molar-refractivity contribution in [2.24, 2.45) is 11.8 Å². The first-order chi connectivity index (χ1) is 12.5. The lowest BCUT2D eigenvalue weighted by Crippen LogP contribution is -2.52. The first kappa shape index (κ1) is 22.5. The van der Waals surface area contributed by atoms with Gasteiger partial charge in [0.15, 0.2) is 0 Å². The predicted octanol–water partition coefficient (Wildman–Crippen LogP) is 2.46. The van der Waals surface area contributed by atoms with Gasteiger partial charge in [-0.1, -0.05) is 33.8 Å². The molecule has 0 aliphatic rings. The number of phenolic OH excluding ortho intramolecular Hbond substituents is 1. The summed E-state index contributed by atoms with van der Waals surface area (Å²) in [5.74, 6) is -1.91. The largest absolute Gasteiger partial charge is 0.508 e. The van der Waals surface area contributed by atoms with E-state index in [9.17, 15) is 24.6 Å². The summed E-state index contributed by atoms with van der Waals surface area (Å²) in [7, 11) is 0. The van der Waals surface area contributed by atoms with Gasteiger partial charge in [0.05, 0.1) is 0 Å². The van der Waals surface area contributed by atoms with Crippen LogP contribution in [0, 0.1) is 18.8 Å². The van der Waals surface area contributed by atoms with Gasteiger partial charge in [-0.25, -0.2) is 4.79 Å². The zero-order valence-electron chi connectivity index (χ0n) is 16.6. The lowest BCUT2D eigenvalue weighted by atomic mass is 10.00. The van der Waals surface area contributed by atoms with Gasteiger partial charge in [-0.15, -0.1) is 0 Å². The summed E-state index contributed by atoms with van der Waals surface area (Å²) in [5, 5.41) is 24.3. The molecule has 150 valence electrons. The molecular formula is C20H30N2O5. The molecule has 0 heterocycles. The third-order valence-electron chi connectivity index (χ3n) is 4.20. The maximum atomic E-state index is 12.7. The van der Waals surface area contributed by atoms with Gasteiger partial charge in [0.2, 0.25) is 5.91 Å². The van der Waals surface area contributed by atoms with E-state index in [-0.39, 0.29) is 23.1 Å². The number of aromatic hydroxyl groups is 1. The standard InChI is InChI=1S/C20H30N2O5/c1-11(2)9-15(19(25)22-16(20(26)27)10-12(3)4)21-18(24)14-7-6-8-17(23)13(14)5/h6-8,11-12,15-16,23H,9-10H2,1-5H3,(H,21,24)(H,22,25)(H,26,27)/t15-,16-/m0/s1. The van der Waals surface area contributed by atoms with E-state index in [0.717, 1.165) is 0 Å². The van der Waals surface area contributed by atoms with Crippen molar-refractivity contribution in [3.05, 3.63) is 29.3 Å². The molecule has 27 heavy (non-hydrogen) atoms. The van der Waals surface area contributed by atoms with Crippen molar-refractivity contribution in [2.45, 2.75) is 59.5 Å². The zero-order chi connectivity index (χ0) is 20.7. The second-order valence-electron chi connectivity index (χ2n) is 7.63. The molecule has 2 amide bonds. The summed E-state index contributed by atoms with van der Waals surface area (Å²) in [4.78, 5) is 36.7. The molecule has 0 fully saturated rings. The number of carbonyl (C=O) groups excluding carboxylic acids is 2. The molecule has 0 spiro atoms. The number of benzene rings is 1. The number of carbonyl (C=O) groups is 3. The van der Waals surface area contributed by atoms with E-state index in [1.165, 1.54) is 6.07 Å². The summed E-state index contributed by atoms with van der Waals surface area (Å²) in [6, 6.07) is 2.72. The number of hydrogen-bond donors (Lipinski definition) is 4. The van der Waals surface area contributed by atoms with Crippen LogP contribution in [0.4, 0.5) is 0 Å². The Labute approximate surface area is 160 Å². The average Bonchev–Trinajstić information content (AvgIpc) is 2.54. The van der Waals surface area contributed by atoms with E-state index in [2.05, 4.69) is 10.6 Å². The second kappa shape index (κ2) is 9.94. The van der Waals surface area contributed by atoms with Gasteiger partial charge < -0.3 is 20.8 Å². The van der Waals surface area contributed by atoms with Crippen LogP contribution in [0.3, 0.4) is 0 Å². The number of phenols is 1. The Bertz CT molecular complexity index is 685. The van der Waals surface area contributed by atoms with Gasteiger partial charge in [-0.05, 0) is 43.7 Å². The maximum Gasteiger partial charge on any atom is 0.326 e. The van der Waals surface area contributed by atoms with Crippen LogP contribution in [0.5, 0.6) is 5.75 Å². The summed E-state index contributed by atoms with van der Waals surface area (Å²) < 4.78 is 0. The van der Waals surface area contributed by atoms with Crippen LogP contribution in [0.1, 0.15) is 56.5 Å². The first-order valence-corrected chi connectivity index (χ1v) is 9.15. The SMILES string of the molecule is Cc1c(O)cccc1C(=O)N[C@@H](CC(C)C)C(=O)N[C@@H](CC(C)C)C(=O)O. The lowest BCUT2D eigenvalue weighted by molar-refractivity contribution is -0.142. The van der Waals surface area contributed by atoms with Crippen molar-refractivity contribution < 1.29 is 24.6 Å². The molecule has 1 aromatic rings. The molecule has 0 radical (unpaired) electrons. The van der Waals surface area contributed by atoms with Crippen LogP contribution in [0.2, 0.25) is 0 Å². The quantitative estimate of drug-likeness (QED) is 0.527. The normalized spacial score (nSPS) is 13.3. The Hall–Kier alpha value is -2.57. The summed E-state index contributed by atoms with van der Waals surface area (Å²) in [5.41, 5.74) is 0.690. The van der Waals surface area contributed by atoms with E-state index in [4.69, 9.17) is 0 Å². The van der Waals surface area contributed by atoms with Gasteiger partial charge >= 0.3 is 5.97 Å². The van der Waals surface area contributed by atoms with Crippen LogP contribution in [0.25, 0.3) is 0 Å². The van der Waals surface area contributed by atoms with E-state index in [1.54, 1.807) is 19.1 Å². The van der Waals surface area contributed by atoms with Crippen LogP contribution < -0.4 is 10.6 Å². The fourth-order valence-electron chi connectivity index (χ4n) is 2.77. The monoisotopic (exact) mass is 378 g/mol. The summed E-state index contributed by atoms with van der Waals surface area (Å²) in [6.07, 6.45) is 0.665. The van der Waals surface area contributed by atoms with Crippen molar-refractivity contribution in [2.75, 3.05) is 0 Å². The fourth-order valence-corrected chi connectivity index (χ4v) is 2.77. The van der Waals surface area contributed by atoms with Crippen LogP contribution in [-0.4, -0.2) is 40.1 Å². The Morgan fingerprint density at radius 2 is 1.52 bits per heavy atom. The van der Waals surface area contributed by atoms with Crippen LogP contribution in [0.15, 0.2) is 18.2 Å². The van der Waals surface area contributed by atoms with Gasteiger partial charge in [0.25, 0.3) is 5.91 Å². The first-order valence-electron chi connectivity index (χ1n) is 9.15. The molecule has 0 aliphatic heterocycles. The highest BCUT2D eigenvalue weighted by atomic mass is 16.4. The molecule has 0 aromatic heterocycles.